The van der Waals surface area contributed by atoms with E-state index in [-0.39, 0.29) is 17.0 Å². The molecule has 0 aliphatic rings. The largest absolute Gasteiger partial charge is 0.130 e. The highest BCUT2D eigenvalue weighted by Crippen LogP contribution is 2.20. The van der Waals surface area contributed by atoms with Crippen molar-refractivity contribution in [2.45, 2.75) is 84.2 Å². The second-order valence-electron chi connectivity index (χ2n) is 4.84. The van der Waals surface area contributed by atoms with E-state index in [0.29, 0.717) is 5.66 Å². The predicted octanol–water partition coefficient (Wildman–Crippen LogP) is 6.31. The van der Waals surface area contributed by atoms with Crippen molar-refractivity contribution in [3.8, 4) is 0 Å². The maximum atomic E-state index is 3.01. The van der Waals surface area contributed by atoms with Gasteiger partial charge in [-0.05, 0) is 37.8 Å². The van der Waals surface area contributed by atoms with Crippen molar-refractivity contribution in [1.82, 2.24) is 0 Å². The first-order valence-corrected chi connectivity index (χ1v) is 7.86. The van der Waals surface area contributed by atoms with Crippen molar-refractivity contribution < 1.29 is 0 Å². The van der Waals surface area contributed by atoms with Gasteiger partial charge in [0.1, 0.15) is 0 Å². The van der Waals surface area contributed by atoms with Crippen LogP contribution in [0.1, 0.15) is 78.6 Å². The first-order valence-electron chi connectivity index (χ1n) is 7.19. The van der Waals surface area contributed by atoms with Gasteiger partial charge in [0.15, 0.2) is 0 Å². The summed E-state index contributed by atoms with van der Waals surface area (Å²) < 4.78 is 0. The number of allylic oxidation sites excluding steroid dienone is 2. The molecule has 2 unspecified atom stereocenters. The smallest absolute Gasteiger partial charge is 0.00830 e. The van der Waals surface area contributed by atoms with Crippen LogP contribution in [0.25, 0.3) is 0 Å². The van der Waals surface area contributed by atoms with E-state index in [0.717, 1.165) is 0 Å². The summed E-state index contributed by atoms with van der Waals surface area (Å²) in [4.78, 5) is 0. The van der Waals surface area contributed by atoms with E-state index >= 15 is 0 Å². The Hall–Kier alpha value is 0.650. The Morgan fingerprint density at radius 1 is 0.941 bits per heavy atom. The molecule has 0 saturated heterocycles. The fourth-order valence-electron chi connectivity index (χ4n) is 1.93. The number of halogens is 1. The first-order chi connectivity index (χ1) is 7.74. The second kappa shape index (κ2) is 14.7. The van der Waals surface area contributed by atoms with Gasteiger partial charge in [0.25, 0.3) is 0 Å². The van der Waals surface area contributed by atoms with Gasteiger partial charge in [-0.25, -0.2) is 0 Å². The minimum atomic E-state index is 0. The molecular formula is C15H32BrP. The van der Waals surface area contributed by atoms with E-state index in [1.807, 2.05) is 0 Å². The van der Waals surface area contributed by atoms with Crippen molar-refractivity contribution in [2.24, 2.45) is 0 Å². The molecule has 0 fully saturated rings. The van der Waals surface area contributed by atoms with Crippen molar-refractivity contribution in [1.29, 1.82) is 0 Å². The fraction of sp³-hybridized carbons (Fsp3) is 0.867. The molecule has 0 heterocycles. The Labute approximate surface area is 122 Å². The summed E-state index contributed by atoms with van der Waals surface area (Å²) in [5.74, 6) is 0. The number of rotatable bonds is 10. The highest BCUT2D eigenvalue weighted by Gasteiger charge is 2.02. The maximum absolute atomic E-state index is 3.01. The molecule has 17 heavy (non-hydrogen) atoms. The Morgan fingerprint density at radius 3 is 1.82 bits per heavy atom. The molecule has 2 heteroatoms. The lowest BCUT2D eigenvalue weighted by Crippen LogP contribution is -1.96. The van der Waals surface area contributed by atoms with E-state index in [4.69, 9.17) is 0 Å². The Morgan fingerprint density at radius 2 is 1.41 bits per heavy atom. The van der Waals surface area contributed by atoms with Crippen LogP contribution in [0.5, 0.6) is 0 Å². The van der Waals surface area contributed by atoms with Crippen LogP contribution in [0.3, 0.4) is 0 Å². The second-order valence-corrected chi connectivity index (χ2v) is 5.69. The van der Waals surface area contributed by atoms with Gasteiger partial charge < -0.3 is 0 Å². The Balaban J connectivity index is 0. The molecule has 0 aromatic heterocycles. The lowest BCUT2D eigenvalue weighted by Gasteiger charge is -2.11. The molecule has 0 aromatic carbocycles. The molecule has 0 saturated carbocycles. The highest BCUT2D eigenvalue weighted by molar-refractivity contribution is 8.93. The van der Waals surface area contributed by atoms with Gasteiger partial charge in [0, 0.05) is 0 Å². The van der Waals surface area contributed by atoms with Gasteiger partial charge in [-0.3, -0.25) is 0 Å². The third-order valence-electron chi connectivity index (χ3n) is 3.04. The summed E-state index contributed by atoms with van der Waals surface area (Å²) in [5.41, 5.74) is 2.42. The van der Waals surface area contributed by atoms with Gasteiger partial charge in [0.2, 0.25) is 0 Å². The molecule has 0 spiro atoms. The Bertz CT molecular complexity index is 168. The van der Waals surface area contributed by atoms with Crippen LogP contribution in [-0.4, -0.2) is 5.66 Å². The summed E-state index contributed by atoms with van der Waals surface area (Å²) in [5, 5.41) is 0. The molecule has 0 rings (SSSR count). The molecular weight excluding hydrogens is 291 g/mol. The zero-order valence-electron chi connectivity index (χ0n) is 12.0. The van der Waals surface area contributed by atoms with Gasteiger partial charge >= 0.3 is 0 Å². The van der Waals surface area contributed by atoms with Crippen molar-refractivity contribution in [3.05, 3.63) is 11.6 Å². The van der Waals surface area contributed by atoms with Gasteiger partial charge in [-0.2, -0.15) is 0 Å². The van der Waals surface area contributed by atoms with Crippen LogP contribution in [0.4, 0.5) is 0 Å². The predicted molar refractivity (Wildman–Crippen MR) is 90.5 cm³/mol. The lowest BCUT2D eigenvalue weighted by molar-refractivity contribution is 0.695. The summed E-state index contributed by atoms with van der Waals surface area (Å²) in [6.07, 6.45) is 14.6. The number of hydrogen-bond donors (Lipinski definition) is 0. The minimum Gasteiger partial charge on any atom is -0.130 e. The summed E-state index contributed by atoms with van der Waals surface area (Å²) >= 11 is 0. The first kappa shape index (κ1) is 20.0. The average molecular weight is 323 g/mol. The van der Waals surface area contributed by atoms with Gasteiger partial charge in [-0.15, -0.1) is 26.2 Å². The van der Waals surface area contributed by atoms with E-state index in [9.17, 15) is 0 Å². The van der Waals surface area contributed by atoms with Crippen molar-refractivity contribution in [2.75, 3.05) is 0 Å². The number of unbranched alkanes of at least 4 members (excludes halogenated alkanes) is 3. The lowest BCUT2D eigenvalue weighted by atomic mass is 10.0. The standard InChI is InChI=1S/C15H31P.BrH/c1-4-7-10-14(11-8-5-2)13-15(16)12-9-6-3;/h13,15H,4-12,16H2,1-3H3;1H. The quantitative estimate of drug-likeness (QED) is 0.327. The minimum absolute atomic E-state index is 0. The van der Waals surface area contributed by atoms with Crippen LogP contribution >= 0.6 is 26.2 Å². The fourth-order valence-corrected chi connectivity index (χ4v) is 2.43. The molecule has 0 bridgehead atoms. The third kappa shape index (κ3) is 12.9. The van der Waals surface area contributed by atoms with Gasteiger partial charge in [0.05, 0.1) is 0 Å². The van der Waals surface area contributed by atoms with Crippen LogP contribution in [0.2, 0.25) is 0 Å². The van der Waals surface area contributed by atoms with Crippen LogP contribution in [-0.2, 0) is 0 Å². The number of hydrogen-bond acceptors (Lipinski definition) is 0. The average Bonchev–Trinajstić information content (AvgIpc) is 2.30. The third-order valence-corrected chi connectivity index (χ3v) is 3.57. The van der Waals surface area contributed by atoms with Crippen LogP contribution in [0, 0.1) is 0 Å². The van der Waals surface area contributed by atoms with Crippen LogP contribution in [0.15, 0.2) is 11.6 Å². The summed E-state index contributed by atoms with van der Waals surface area (Å²) in [7, 11) is 3.01. The molecule has 0 aliphatic carbocycles. The molecule has 0 N–H and O–H groups in total. The van der Waals surface area contributed by atoms with E-state index in [1.165, 1.54) is 57.8 Å². The van der Waals surface area contributed by atoms with Crippen LogP contribution < -0.4 is 0 Å². The summed E-state index contributed by atoms with van der Waals surface area (Å²) in [6.45, 7) is 6.84. The molecule has 0 aliphatic heterocycles. The molecule has 0 radical (unpaired) electrons. The van der Waals surface area contributed by atoms with Crippen molar-refractivity contribution in [3.63, 3.8) is 0 Å². The monoisotopic (exact) mass is 322 g/mol. The highest BCUT2D eigenvalue weighted by atomic mass is 79.9. The topological polar surface area (TPSA) is 0 Å². The maximum Gasteiger partial charge on any atom is -0.00830 e. The van der Waals surface area contributed by atoms with E-state index in [1.54, 1.807) is 5.57 Å². The zero-order valence-corrected chi connectivity index (χ0v) is 14.9. The van der Waals surface area contributed by atoms with E-state index in [2.05, 4.69) is 36.1 Å². The van der Waals surface area contributed by atoms with Crippen molar-refractivity contribution >= 4 is 26.2 Å². The molecule has 104 valence electrons. The summed E-state index contributed by atoms with van der Waals surface area (Å²) in [6, 6.07) is 0. The van der Waals surface area contributed by atoms with E-state index < -0.39 is 0 Å². The Kier molecular flexibility index (Phi) is 17.3. The normalized spacial score (nSPS) is 11.8. The molecule has 2 atom stereocenters. The molecule has 0 amide bonds. The zero-order chi connectivity index (χ0) is 12.2. The SMILES string of the molecule is Br.CCCCC(=CC(P)CCCC)CCCC. The molecule has 0 nitrogen and oxygen atoms in total. The molecule has 0 aromatic rings. The van der Waals surface area contributed by atoms with Gasteiger partial charge in [-0.1, -0.05) is 58.1 Å².